The van der Waals surface area contributed by atoms with Crippen molar-refractivity contribution in [2.24, 2.45) is 0 Å². The number of nitrogens with zero attached hydrogens (tertiary/aromatic N) is 1. The number of phosphoric acid groups is 1. The number of quaternary nitrogens is 1. The summed E-state index contributed by atoms with van der Waals surface area (Å²) in [7, 11) is 1.58. The molecule has 3 atom stereocenters. The highest BCUT2D eigenvalue weighted by molar-refractivity contribution is 7.47. The van der Waals surface area contributed by atoms with Crippen molar-refractivity contribution in [1.82, 2.24) is 5.32 Å². The lowest BCUT2D eigenvalue weighted by Gasteiger charge is -2.26. The fourth-order valence-corrected chi connectivity index (χ4v) is 6.30. The molecule has 0 saturated heterocycles. The van der Waals surface area contributed by atoms with Gasteiger partial charge in [-0.1, -0.05) is 152 Å². The summed E-state index contributed by atoms with van der Waals surface area (Å²) in [6.45, 7) is 4.72. The molecular weight excluding hydrogens is 659 g/mol. The summed E-state index contributed by atoms with van der Waals surface area (Å²) in [5.74, 6) is -0.188. The highest BCUT2D eigenvalue weighted by Gasteiger charge is 2.28. The fourth-order valence-electron chi connectivity index (χ4n) is 5.56. The van der Waals surface area contributed by atoms with Gasteiger partial charge in [0, 0.05) is 6.42 Å². The van der Waals surface area contributed by atoms with Crippen LogP contribution < -0.4 is 5.32 Å². The van der Waals surface area contributed by atoms with Crippen molar-refractivity contribution in [3.8, 4) is 0 Å². The Labute approximate surface area is 314 Å². The second-order valence-electron chi connectivity index (χ2n) is 15.0. The zero-order valence-corrected chi connectivity index (χ0v) is 34.5. The summed E-state index contributed by atoms with van der Waals surface area (Å²) in [6, 6.07) is -0.781. The van der Waals surface area contributed by atoms with Gasteiger partial charge in [-0.25, -0.2) is 4.57 Å². The standard InChI is InChI=1S/C42H79N2O6P/c1-6-8-10-12-14-16-18-20-22-24-26-28-30-32-34-36-42(46)43-40(39-50-51(47,48)49-38-37-44(3,4)5)41(45)35-33-31-29-27-25-23-21-19-17-15-13-11-9-7-2/h8,10,14,16,20,22,26,28,40-41,45H,6-7,9,11-13,15,17-19,21,23-25,27,29-39H2,1-5H3,(H-,43,46,47,48)/p+1/b10-8-,16-14-,22-20-,28-26-. The normalized spacial score (nSPS) is 15.0. The summed E-state index contributed by atoms with van der Waals surface area (Å²) in [5.41, 5.74) is 0. The topological polar surface area (TPSA) is 105 Å². The van der Waals surface area contributed by atoms with Gasteiger partial charge in [0.05, 0.1) is 39.9 Å². The molecule has 0 bridgehead atoms. The number of carbonyl (C=O) groups is 1. The minimum atomic E-state index is -4.32. The van der Waals surface area contributed by atoms with Gasteiger partial charge in [0.1, 0.15) is 13.2 Å². The predicted molar refractivity (Wildman–Crippen MR) is 217 cm³/mol. The van der Waals surface area contributed by atoms with Gasteiger partial charge < -0.3 is 19.8 Å². The summed E-state index contributed by atoms with van der Waals surface area (Å²) in [6.07, 6.45) is 41.3. The minimum absolute atomic E-state index is 0.0647. The van der Waals surface area contributed by atoms with Crippen LogP contribution in [0.3, 0.4) is 0 Å². The molecule has 0 aliphatic rings. The first kappa shape index (κ1) is 49.5. The Kier molecular flexibility index (Phi) is 33.2. The molecule has 1 amide bonds. The van der Waals surface area contributed by atoms with Crippen LogP contribution in [-0.2, 0) is 18.4 Å². The third-order valence-corrected chi connectivity index (χ3v) is 9.83. The summed E-state index contributed by atoms with van der Waals surface area (Å²) in [5, 5.41) is 13.9. The number of carbonyl (C=O) groups excluding carboxylic acids is 1. The highest BCUT2D eigenvalue weighted by atomic mass is 31.2. The molecule has 8 nitrogen and oxygen atoms in total. The molecule has 0 aliphatic heterocycles. The third-order valence-electron chi connectivity index (χ3n) is 8.84. The van der Waals surface area contributed by atoms with E-state index in [4.69, 9.17) is 9.05 Å². The third kappa shape index (κ3) is 36.6. The molecule has 51 heavy (non-hydrogen) atoms. The summed E-state index contributed by atoms with van der Waals surface area (Å²) >= 11 is 0. The largest absolute Gasteiger partial charge is 0.472 e. The number of aliphatic hydroxyl groups is 1. The van der Waals surface area contributed by atoms with Gasteiger partial charge in [-0.05, 0) is 51.4 Å². The smallest absolute Gasteiger partial charge is 0.391 e. The maximum atomic E-state index is 12.8. The number of hydrogen-bond donors (Lipinski definition) is 3. The van der Waals surface area contributed by atoms with E-state index >= 15 is 0 Å². The van der Waals surface area contributed by atoms with E-state index < -0.39 is 20.0 Å². The van der Waals surface area contributed by atoms with Gasteiger partial charge in [0.15, 0.2) is 0 Å². The zero-order valence-electron chi connectivity index (χ0n) is 33.6. The van der Waals surface area contributed by atoms with Gasteiger partial charge in [-0.15, -0.1) is 0 Å². The van der Waals surface area contributed by atoms with Gasteiger partial charge in [0.25, 0.3) is 0 Å². The number of aliphatic hydroxyl groups excluding tert-OH is 1. The van der Waals surface area contributed by atoms with Crippen LogP contribution in [0, 0.1) is 0 Å². The van der Waals surface area contributed by atoms with Crippen LogP contribution in [0.2, 0.25) is 0 Å². The van der Waals surface area contributed by atoms with Crippen LogP contribution in [-0.4, -0.2) is 73.4 Å². The van der Waals surface area contributed by atoms with Crippen LogP contribution in [0.4, 0.5) is 0 Å². The molecule has 9 heteroatoms. The van der Waals surface area contributed by atoms with Crippen molar-refractivity contribution in [2.75, 3.05) is 40.9 Å². The molecule has 0 aromatic heterocycles. The molecule has 3 unspecified atom stereocenters. The summed E-state index contributed by atoms with van der Waals surface area (Å²) in [4.78, 5) is 23.1. The Hall–Kier alpha value is -1.54. The van der Waals surface area contributed by atoms with Crippen molar-refractivity contribution in [3.63, 3.8) is 0 Å². The number of allylic oxidation sites excluding steroid dienone is 8. The van der Waals surface area contributed by atoms with E-state index in [0.717, 1.165) is 64.2 Å². The summed E-state index contributed by atoms with van der Waals surface area (Å²) < 4.78 is 23.5. The van der Waals surface area contributed by atoms with Crippen LogP contribution in [0.1, 0.15) is 162 Å². The minimum Gasteiger partial charge on any atom is -0.391 e. The quantitative estimate of drug-likeness (QED) is 0.0256. The molecule has 0 spiro atoms. The first-order valence-corrected chi connectivity index (χ1v) is 22.0. The Morgan fingerprint density at radius 2 is 1.18 bits per heavy atom. The maximum absolute atomic E-state index is 12.8. The van der Waals surface area contributed by atoms with Crippen LogP contribution in [0.15, 0.2) is 48.6 Å². The van der Waals surface area contributed by atoms with E-state index in [1.807, 2.05) is 21.1 Å². The van der Waals surface area contributed by atoms with E-state index in [1.165, 1.54) is 70.6 Å². The van der Waals surface area contributed by atoms with Crippen molar-refractivity contribution in [2.45, 2.75) is 174 Å². The Morgan fingerprint density at radius 1 is 0.686 bits per heavy atom. The van der Waals surface area contributed by atoms with E-state index in [1.54, 1.807) is 0 Å². The lowest BCUT2D eigenvalue weighted by atomic mass is 10.0. The van der Waals surface area contributed by atoms with Gasteiger partial charge in [0.2, 0.25) is 5.91 Å². The Bertz CT molecular complexity index is 975. The number of unbranched alkanes of at least 4 members (excludes halogenated alkanes) is 15. The second-order valence-corrected chi connectivity index (χ2v) is 16.4. The molecule has 0 aromatic rings. The number of phosphoric ester groups is 1. The van der Waals surface area contributed by atoms with Crippen molar-refractivity contribution >= 4 is 13.7 Å². The fraction of sp³-hybridized carbons (Fsp3) is 0.786. The molecule has 0 heterocycles. The van der Waals surface area contributed by atoms with Gasteiger partial charge in [-0.3, -0.25) is 13.8 Å². The average Bonchev–Trinajstić information content (AvgIpc) is 3.07. The van der Waals surface area contributed by atoms with Crippen molar-refractivity contribution in [1.29, 1.82) is 0 Å². The lowest BCUT2D eigenvalue weighted by molar-refractivity contribution is -0.870. The van der Waals surface area contributed by atoms with E-state index in [9.17, 15) is 19.4 Å². The number of rotatable bonds is 36. The van der Waals surface area contributed by atoms with E-state index in [2.05, 4.69) is 67.8 Å². The monoisotopic (exact) mass is 740 g/mol. The number of hydrogen-bond acceptors (Lipinski definition) is 5. The zero-order chi connectivity index (χ0) is 37.9. The van der Waals surface area contributed by atoms with Gasteiger partial charge in [-0.2, -0.15) is 0 Å². The molecule has 298 valence electrons. The van der Waals surface area contributed by atoms with Crippen molar-refractivity contribution < 1.29 is 32.9 Å². The molecule has 0 saturated carbocycles. The molecular formula is C42H80N2O6P+. The predicted octanol–water partition coefficient (Wildman–Crippen LogP) is 10.9. The van der Waals surface area contributed by atoms with E-state index in [-0.39, 0.29) is 19.1 Å². The molecule has 3 N–H and O–H groups in total. The first-order valence-electron chi connectivity index (χ1n) is 20.5. The van der Waals surface area contributed by atoms with E-state index in [0.29, 0.717) is 23.9 Å². The molecule has 0 fully saturated rings. The SMILES string of the molecule is CC/C=C\C/C=C\C/C=C\C/C=C\CCCCC(=O)NC(COP(=O)(O)OCC[N+](C)(C)C)C(O)CCCCCCCCCCCCCCCC. The maximum Gasteiger partial charge on any atom is 0.472 e. The second kappa shape index (κ2) is 34.2. The number of amides is 1. The molecule has 0 aliphatic carbocycles. The molecule has 0 rings (SSSR count). The number of nitrogens with one attached hydrogen (secondary N) is 1. The molecule has 0 radical (unpaired) electrons. The number of likely N-dealkylation sites (N-methyl/N-ethyl adjacent to an activating group) is 1. The van der Waals surface area contributed by atoms with Gasteiger partial charge >= 0.3 is 7.82 Å². The average molecular weight is 740 g/mol. The van der Waals surface area contributed by atoms with Crippen LogP contribution in [0.5, 0.6) is 0 Å². The molecule has 0 aromatic carbocycles. The Balaban J connectivity index is 4.52. The van der Waals surface area contributed by atoms with Crippen LogP contribution >= 0.6 is 7.82 Å². The highest BCUT2D eigenvalue weighted by Crippen LogP contribution is 2.43. The lowest BCUT2D eigenvalue weighted by Crippen LogP contribution is -2.46. The Morgan fingerprint density at radius 3 is 1.69 bits per heavy atom. The van der Waals surface area contributed by atoms with Crippen LogP contribution in [0.25, 0.3) is 0 Å². The van der Waals surface area contributed by atoms with Crippen molar-refractivity contribution in [3.05, 3.63) is 48.6 Å². The first-order chi connectivity index (χ1) is 24.5.